The molecule has 5 rings (SSSR count). The summed E-state index contributed by atoms with van der Waals surface area (Å²) in [6.07, 6.45) is 1.25. The molecule has 2 N–H and O–H groups in total. The molecule has 1 atom stereocenters. The molecule has 38 heavy (non-hydrogen) atoms. The lowest BCUT2D eigenvalue weighted by Gasteiger charge is -2.40. The highest BCUT2D eigenvalue weighted by Gasteiger charge is 2.43. The predicted octanol–water partition coefficient (Wildman–Crippen LogP) is 5.38. The number of morpholine rings is 1. The lowest BCUT2D eigenvalue weighted by molar-refractivity contribution is -0.118. The van der Waals surface area contributed by atoms with Crippen LogP contribution in [0.25, 0.3) is 0 Å². The minimum Gasteiger partial charge on any atom is -0.379 e. The Balaban J connectivity index is 1.62. The molecule has 1 amide bonds. The number of ketones is 1. The number of nitrogens with zero attached hydrogens (tertiary/aromatic N) is 1. The Hall–Kier alpha value is -3.22. The van der Waals surface area contributed by atoms with Crippen LogP contribution in [0.4, 0.5) is 5.69 Å². The van der Waals surface area contributed by atoms with Crippen LogP contribution < -0.4 is 10.6 Å². The van der Waals surface area contributed by atoms with Crippen LogP contribution in [0.1, 0.15) is 61.8 Å². The zero-order valence-electron chi connectivity index (χ0n) is 23.2. The maximum Gasteiger partial charge on any atom is 0.254 e. The Morgan fingerprint density at radius 2 is 1.79 bits per heavy atom. The molecule has 1 saturated heterocycles. The number of benzene rings is 2. The average molecular weight is 514 g/mol. The Bertz CT molecular complexity index is 1320. The van der Waals surface area contributed by atoms with Gasteiger partial charge in [-0.15, -0.1) is 0 Å². The lowest BCUT2D eigenvalue weighted by Crippen LogP contribution is -2.39. The first-order valence-corrected chi connectivity index (χ1v) is 13.6. The quantitative estimate of drug-likeness (QED) is 0.562. The van der Waals surface area contributed by atoms with Crippen LogP contribution in [0.15, 0.2) is 65.0 Å². The molecule has 0 unspecified atom stereocenters. The van der Waals surface area contributed by atoms with Gasteiger partial charge in [0.1, 0.15) is 0 Å². The van der Waals surface area contributed by atoms with Gasteiger partial charge in [0.25, 0.3) is 5.91 Å². The molecule has 200 valence electrons. The minimum atomic E-state index is -0.415. The van der Waals surface area contributed by atoms with E-state index in [1.54, 1.807) is 0 Å². The first-order chi connectivity index (χ1) is 18.1. The lowest BCUT2D eigenvalue weighted by atomic mass is 9.67. The van der Waals surface area contributed by atoms with Crippen molar-refractivity contribution in [3.63, 3.8) is 0 Å². The van der Waals surface area contributed by atoms with Gasteiger partial charge >= 0.3 is 0 Å². The van der Waals surface area contributed by atoms with Crippen LogP contribution in [0, 0.1) is 19.3 Å². The monoisotopic (exact) mass is 513 g/mol. The normalized spacial score (nSPS) is 21.7. The highest BCUT2D eigenvalue weighted by atomic mass is 16.5. The number of hydrogen-bond acceptors (Lipinski definition) is 5. The Labute approximate surface area is 226 Å². The topological polar surface area (TPSA) is 70.7 Å². The largest absolute Gasteiger partial charge is 0.379 e. The summed E-state index contributed by atoms with van der Waals surface area (Å²) in [6.45, 7) is 14.6. The summed E-state index contributed by atoms with van der Waals surface area (Å²) in [6, 6.07) is 13.9. The van der Waals surface area contributed by atoms with E-state index < -0.39 is 5.92 Å². The van der Waals surface area contributed by atoms with E-state index in [-0.39, 0.29) is 17.1 Å². The summed E-state index contributed by atoms with van der Waals surface area (Å²) < 4.78 is 5.56. The molecule has 6 heteroatoms. The maximum absolute atomic E-state index is 13.9. The summed E-state index contributed by atoms with van der Waals surface area (Å²) in [5.41, 5.74) is 8.33. The highest BCUT2D eigenvalue weighted by molar-refractivity contribution is 6.10. The molecule has 0 radical (unpaired) electrons. The van der Waals surface area contributed by atoms with Crippen molar-refractivity contribution in [1.82, 2.24) is 10.2 Å². The predicted molar refractivity (Wildman–Crippen MR) is 151 cm³/mol. The van der Waals surface area contributed by atoms with Crippen molar-refractivity contribution in [2.45, 2.75) is 59.9 Å². The van der Waals surface area contributed by atoms with Crippen molar-refractivity contribution in [1.29, 1.82) is 0 Å². The van der Waals surface area contributed by atoms with E-state index in [1.807, 2.05) is 37.3 Å². The number of rotatable bonds is 5. The second-order valence-electron chi connectivity index (χ2n) is 11.8. The van der Waals surface area contributed by atoms with Gasteiger partial charge in [-0.1, -0.05) is 49.7 Å². The Morgan fingerprint density at radius 3 is 2.50 bits per heavy atom. The average Bonchev–Trinajstić information content (AvgIpc) is 2.85. The van der Waals surface area contributed by atoms with Crippen LogP contribution in [0.5, 0.6) is 0 Å². The zero-order chi connectivity index (χ0) is 27.0. The van der Waals surface area contributed by atoms with Crippen molar-refractivity contribution >= 4 is 17.4 Å². The van der Waals surface area contributed by atoms with Crippen LogP contribution >= 0.6 is 0 Å². The Morgan fingerprint density at radius 1 is 1.08 bits per heavy atom. The second kappa shape index (κ2) is 10.5. The minimum absolute atomic E-state index is 0.124. The van der Waals surface area contributed by atoms with Gasteiger partial charge in [-0.3, -0.25) is 14.5 Å². The van der Waals surface area contributed by atoms with E-state index in [4.69, 9.17) is 4.74 Å². The number of Topliss-reactive ketones (excluding diaryl/α,β-unsaturated/α-hetero) is 1. The number of allylic oxidation sites excluding steroid dienone is 3. The van der Waals surface area contributed by atoms with Gasteiger partial charge in [-0.25, -0.2) is 0 Å². The first-order valence-electron chi connectivity index (χ1n) is 13.6. The molecule has 2 aromatic rings. The molecule has 2 aliphatic heterocycles. The third-order valence-electron chi connectivity index (χ3n) is 8.02. The van der Waals surface area contributed by atoms with E-state index in [9.17, 15) is 9.59 Å². The van der Waals surface area contributed by atoms with Crippen molar-refractivity contribution in [2.75, 3.05) is 31.6 Å². The highest BCUT2D eigenvalue weighted by Crippen LogP contribution is 2.48. The van der Waals surface area contributed by atoms with E-state index in [0.717, 1.165) is 78.6 Å². The number of ether oxygens (including phenoxy) is 1. The molecule has 2 aromatic carbocycles. The number of para-hydroxylation sites is 1. The molecular formula is C32H39N3O3. The molecule has 2 heterocycles. The van der Waals surface area contributed by atoms with Gasteiger partial charge in [0.2, 0.25) is 0 Å². The van der Waals surface area contributed by atoms with Crippen LogP contribution in [-0.4, -0.2) is 42.9 Å². The van der Waals surface area contributed by atoms with Crippen LogP contribution in [0.3, 0.4) is 0 Å². The molecule has 3 aliphatic rings. The number of carbonyl (C=O) groups is 2. The molecule has 0 saturated carbocycles. The number of nitrogens with one attached hydrogen (secondary N) is 2. The third-order valence-corrected chi connectivity index (χ3v) is 8.02. The third kappa shape index (κ3) is 5.33. The number of dihydropyridines is 1. The van der Waals surface area contributed by atoms with E-state index in [1.165, 1.54) is 5.56 Å². The SMILES string of the molecule is CC1=C(C(=O)Nc2ccccc2)[C@H](c2cc(C)cc(CN3CCOCC3)c2C)C2=C(CC(C)(C)CC2=O)N1. The zero-order valence-corrected chi connectivity index (χ0v) is 23.2. The van der Waals surface area contributed by atoms with Gasteiger partial charge in [0.15, 0.2) is 5.78 Å². The summed E-state index contributed by atoms with van der Waals surface area (Å²) in [4.78, 5) is 30.1. The van der Waals surface area contributed by atoms with E-state index >= 15 is 0 Å². The summed E-state index contributed by atoms with van der Waals surface area (Å²) >= 11 is 0. The fourth-order valence-electron chi connectivity index (χ4n) is 6.20. The molecule has 6 nitrogen and oxygen atoms in total. The number of amides is 1. The van der Waals surface area contributed by atoms with E-state index in [0.29, 0.717) is 12.0 Å². The van der Waals surface area contributed by atoms with Crippen molar-refractivity contribution < 1.29 is 14.3 Å². The van der Waals surface area contributed by atoms with Gasteiger partial charge in [-0.05, 0) is 61.4 Å². The molecule has 0 bridgehead atoms. The van der Waals surface area contributed by atoms with Crippen molar-refractivity contribution in [2.24, 2.45) is 5.41 Å². The standard InChI is InChI=1S/C32H39N3O3/c1-20-15-23(19-35-11-13-38-14-12-35)21(2)25(16-20)29-28(31(37)34-24-9-7-6-8-10-24)22(3)33-26-17-32(4,5)18-27(36)30(26)29/h6-10,15-16,29,33H,11-14,17-19H2,1-5H3,(H,34,37)/t29-/m0/s1. The second-order valence-corrected chi connectivity index (χ2v) is 11.8. The van der Waals surface area contributed by atoms with Gasteiger partial charge < -0.3 is 15.4 Å². The van der Waals surface area contributed by atoms with Gasteiger partial charge in [0, 0.05) is 60.2 Å². The number of anilines is 1. The van der Waals surface area contributed by atoms with Gasteiger partial charge in [-0.2, -0.15) is 0 Å². The molecule has 1 aliphatic carbocycles. The number of hydrogen-bond donors (Lipinski definition) is 2. The summed E-state index contributed by atoms with van der Waals surface area (Å²) in [5.74, 6) is -0.463. The smallest absolute Gasteiger partial charge is 0.254 e. The maximum atomic E-state index is 13.9. The van der Waals surface area contributed by atoms with Crippen molar-refractivity contribution in [3.05, 3.63) is 87.3 Å². The molecule has 0 aromatic heterocycles. The fourth-order valence-corrected chi connectivity index (χ4v) is 6.20. The van der Waals surface area contributed by atoms with Crippen LogP contribution in [0.2, 0.25) is 0 Å². The molecular weight excluding hydrogens is 474 g/mol. The summed E-state index contributed by atoms with van der Waals surface area (Å²) in [7, 11) is 0. The molecule has 0 spiro atoms. The Kier molecular flexibility index (Phi) is 7.30. The fraction of sp³-hybridized carbons (Fsp3) is 0.438. The van der Waals surface area contributed by atoms with Crippen molar-refractivity contribution in [3.8, 4) is 0 Å². The van der Waals surface area contributed by atoms with Gasteiger partial charge in [0.05, 0.1) is 13.2 Å². The first kappa shape index (κ1) is 26.4. The molecule has 1 fully saturated rings. The van der Waals surface area contributed by atoms with E-state index in [2.05, 4.69) is 55.4 Å². The van der Waals surface area contributed by atoms with Crippen LogP contribution in [-0.2, 0) is 20.9 Å². The summed E-state index contributed by atoms with van der Waals surface area (Å²) in [5, 5.41) is 6.58. The number of carbonyl (C=O) groups excluding carboxylic acids is 2. The number of aryl methyl sites for hydroxylation is 1.